The SMILES string of the molecule is CCOC(=O)CC(C(=O)OCC)S(=O)(=O)O.[H-].[Na+]. The molecule has 0 rings (SSSR count). The van der Waals surface area contributed by atoms with E-state index in [2.05, 4.69) is 9.47 Å². The molecule has 17 heavy (non-hydrogen) atoms. The van der Waals surface area contributed by atoms with Crippen molar-refractivity contribution in [3.05, 3.63) is 0 Å². The van der Waals surface area contributed by atoms with Gasteiger partial charge in [0, 0.05) is 0 Å². The maximum atomic E-state index is 11.2. The molecular weight excluding hydrogens is 263 g/mol. The third-order valence-electron chi connectivity index (χ3n) is 1.57. The van der Waals surface area contributed by atoms with Crippen LogP contribution in [0.2, 0.25) is 0 Å². The molecule has 0 aliphatic heterocycles. The van der Waals surface area contributed by atoms with Crippen LogP contribution in [0.25, 0.3) is 0 Å². The molecule has 0 aliphatic rings. The molecule has 1 atom stereocenters. The molecule has 0 heterocycles. The van der Waals surface area contributed by atoms with Crippen LogP contribution in [-0.2, 0) is 29.2 Å². The summed E-state index contributed by atoms with van der Waals surface area (Å²) in [6.07, 6.45) is -0.758. The van der Waals surface area contributed by atoms with Crippen molar-refractivity contribution in [1.82, 2.24) is 0 Å². The Morgan fingerprint density at radius 3 is 2.06 bits per heavy atom. The van der Waals surface area contributed by atoms with E-state index in [0.717, 1.165) is 0 Å². The predicted octanol–water partition coefficient (Wildman–Crippen LogP) is -3.12. The quantitative estimate of drug-likeness (QED) is 0.311. The summed E-state index contributed by atoms with van der Waals surface area (Å²) in [5.41, 5.74) is 0. The largest absolute Gasteiger partial charge is 1.00 e. The van der Waals surface area contributed by atoms with E-state index in [1.54, 1.807) is 0 Å². The van der Waals surface area contributed by atoms with Gasteiger partial charge in [0.1, 0.15) is 0 Å². The summed E-state index contributed by atoms with van der Waals surface area (Å²) in [6.45, 7) is 3.02. The normalized spacial score (nSPS) is 12.2. The molecule has 7 nitrogen and oxygen atoms in total. The van der Waals surface area contributed by atoms with Gasteiger partial charge in [0.15, 0.2) is 5.25 Å². The molecule has 0 aromatic rings. The molecule has 1 N–H and O–H groups in total. The van der Waals surface area contributed by atoms with E-state index in [0.29, 0.717) is 0 Å². The van der Waals surface area contributed by atoms with Crippen LogP contribution in [0.3, 0.4) is 0 Å². The molecule has 1 unspecified atom stereocenters. The van der Waals surface area contributed by atoms with E-state index in [9.17, 15) is 18.0 Å². The smallest absolute Gasteiger partial charge is 1.00 e. The molecule has 0 aromatic carbocycles. The fraction of sp³-hybridized carbons (Fsp3) is 0.750. The van der Waals surface area contributed by atoms with Gasteiger partial charge in [0.05, 0.1) is 19.6 Å². The maximum absolute atomic E-state index is 11.2. The van der Waals surface area contributed by atoms with Crippen LogP contribution in [0, 0.1) is 0 Å². The number of carbonyl (C=O) groups excluding carboxylic acids is 2. The topological polar surface area (TPSA) is 107 Å². The molecule has 0 spiro atoms. The minimum absolute atomic E-state index is 0. The average molecular weight is 278 g/mol. The van der Waals surface area contributed by atoms with Crippen LogP contribution < -0.4 is 29.6 Å². The second-order valence-electron chi connectivity index (χ2n) is 2.76. The molecule has 9 heteroatoms. The van der Waals surface area contributed by atoms with E-state index in [1.165, 1.54) is 13.8 Å². The fourth-order valence-electron chi connectivity index (χ4n) is 0.917. The van der Waals surface area contributed by atoms with Gasteiger partial charge in [-0.1, -0.05) is 0 Å². The summed E-state index contributed by atoms with van der Waals surface area (Å²) in [4.78, 5) is 22.2. The van der Waals surface area contributed by atoms with Crippen molar-refractivity contribution < 1.29 is 63.0 Å². The third kappa shape index (κ3) is 7.72. The van der Waals surface area contributed by atoms with Crippen molar-refractivity contribution in [3.8, 4) is 0 Å². The number of hydrogen-bond donors (Lipinski definition) is 1. The van der Waals surface area contributed by atoms with E-state index in [1.807, 2.05) is 0 Å². The minimum atomic E-state index is -4.68. The number of rotatable bonds is 6. The summed E-state index contributed by atoms with van der Waals surface area (Å²) in [7, 11) is -4.68. The van der Waals surface area contributed by atoms with Crippen molar-refractivity contribution >= 4 is 22.1 Å². The number of ether oxygens (including phenoxy) is 2. The molecule has 0 amide bonds. The first-order valence-corrected chi connectivity index (χ1v) is 6.11. The summed E-state index contributed by atoms with van der Waals surface area (Å²) in [6, 6.07) is 0. The van der Waals surface area contributed by atoms with Gasteiger partial charge in [0.2, 0.25) is 0 Å². The molecular formula is C8H15NaO7S. The Morgan fingerprint density at radius 2 is 1.71 bits per heavy atom. The first kappa shape index (κ1) is 19.2. The molecule has 0 saturated heterocycles. The second-order valence-corrected chi connectivity index (χ2v) is 4.36. The summed E-state index contributed by atoms with van der Waals surface area (Å²) < 4.78 is 39.3. The van der Waals surface area contributed by atoms with E-state index in [4.69, 9.17) is 4.55 Å². The van der Waals surface area contributed by atoms with Crippen LogP contribution in [-0.4, -0.2) is 43.4 Å². The standard InChI is InChI=1S/C8H14O7S.Na.H/c1-3-14-7(9)5-6(16(11,12)13)8(10)15-4-2;;/h6H,3-5H2,1-2H3,(H,11,12,13);;/q;+1;-1. The number of carbonyl (C=O) groups is 2. The van der Waals surface area contributed by atoms with Crippen molar-refractivity contribution in [1.29, 1.82) is 0 Å². The monoisotopic (exact) mass is 278 g/mol. The molecule has 0 bridgehead atoms. The average Bonchev–Trinajstić information content (AvgIpc) is 2.13. The van der Waals surface area contributed by atoms with E-state index in [-0.39, 0.29) is 44.2 Å². The van der Waals surface area contributed by atoms with Crippen molar-refractivity contribution in [2.24, 2.45) is 0 Å². The van der Waals surface area contributed by atoms with Gasteiger partial charge in [-0.05, 0) is 13.8 Å². The van der Waals surface area contributed by atoms with E-state index < -0.39 is 33.7 Å². The Hall–Kier alpha value is -0.150. The maximum Gasteiger partial charge on any atom is 1.00 e. The zero-order chi connectivity index (χ0) is 12.8. The Morgan fingerprint density at radius 1 is 1.24 bits per heavy atom. The molecule has 0 radical (unpaired) electrons. The summed E-state index contributed by atoms with van der Waals surface area (Å²) in [5, 5.41) is -1.92. The summed E-state index contributed by atoms with van der Waals surface area (Å²) in [5.74, 6) is -2.06. The number of hydrogen-bond acceptors (Lipinski definition) is 6. The first-order chi connectivity index (χ1) is 7.32. The second kappa shape index (κ2) is 8.87. The zero-order valence-corrected chi connectivity index (χ0v) is 12.8. The third-order valence-corrected chi connectivity index (χ3v) is 2.64. The van der Waals surface area contributed by atoms with Crippen LogP contribution in [0.1, 0.15) is 21.7 Å². The van der Waals surface area contributed by atoms with E-state index >= 15 is 0 Å². The Labute approximate surface area is 123 Å². The van der Waals surface area contributed by atoms with Gasteiger partial charge in [-0.25, -0.2) is 0 Å². The summed E-state index contributed by atoms with van der Waals surface area (Å²) >= 11 is 0. The molecule has 0 aliphatic carbocycles. The van der Waals surface area contributed by atoms with Crippen molar-refractivity contribution in [3.63, 3.8) is 0 Å². The Kier molecular flexibility index (Phi) is 10.0. The van der Waals surface area contributed by atoms with Crippen molar-refractivity contribution in [2.45, 2.75) is 25.5 Å². The molecule has 0 aromatic heterocycles. The Balaban J connectivity index is -0.00000112. The van der Waals surface area contributed by atoms with Gasteiger partial charge >= 0.3 is 41.5 Å². The van der Waals surface area contributed by atoms with Crippen LogP contribution in [0.15, 0.2) is 0 Å². The zero-order valence-electron chi connectivity index (χ0n) is 11.0. The van der Waals surface area contributed by atoms with Gasteiger partial charge in [-0.3, -0.25) is 14.1 Å². The minimum Gasteiger partial charge on any atom is -1.00 e. The van der Waals surface area contributed by atoms with Gasteiger partial charge in [0.25, 0.3) is 10.1 Å². The van der Waals surface area contributed by atoms with Gasteiger partial charge in [-0.15, -0.1) is 0 Å². The number of esters is 2. The van der Waals surface area contributed by atoms with Gasteiger partial charge < -0.3 is 10.9 Å². The molecule has 96 valence electrons. The van der Waals surface area contributed by atoms with Gasteiger partial charge in [-0.2, -0.15) is 8.42 Å². The molecule has 0 fully saturated rings. The molecule has 0 saturated carbocycles. The van der Waals surface area contributed by atoms with Crippen LogP contribution >= 0.6 is 0 Å². The Bertz CT molecular complexity index is 356. The first-order valence-electron chi connectivity index (χ1n) is 4.61. The van der Waals surface area contributed by atoms with Crippen LogP contribution in [0.4, 0.5) is 0 Å². The van der Waals surface area contributed by atoms with Crippen molar-refractivity contribution in [2.75, 3.05) is 13.2 Å². The predicted molar refractivity (Wildman–Crippen MR) is 54.3 cm³/mol. The van der Waals surface area contributed by atoms with Crippen LogP contribution in [0.5, 0.6) is 0 Å². The fourth-order valence-corrected chi connectivity index (χ4v) is 1.57.